The molecule has 1 aromatic rings. The monoisotopic (exact) mass is 421 g/mol. The van der Waals surface area contributed by atoms with E-state index < -0.39 is 0 Å². The highest BCUT2D eigenvalue weighted by molar-refractivity contribution is 5.96. The van der Waals surface area contributed by atoms with Gasteiger partial charge < -0.3 is 10.2 Å². The van der Waals surface area contributed by atoms with Gasteiger partial charge in [-0.15, -0.1) is 0 Å². The smallest absolute Gasteiger partial charge is 0.131 e. The number of benzene rings is 1. The third-order valence-electron chi connectivity index (χ3n) is 7.18. The largest absolute Gasteiger partial charge is 0.337 e. The molecule has 0 aliphatic carbocycles. The van der Waals surface area contributed by atoms with Crippen LogP contribution in [-0.4, -0.2) is 72.4 Å². The van der Waals surface area contributed by atoms with E-state index in [9.17, 15) is 4.39 Å². The van der Waals surface area contributed by atoms with Crippen molar-refractivity contribution >= 4 is 11.4 Å². The highest BCUT2D eigenvalue weighted by Crippen LogP contribution is 2.29. The van der Waals surface area contributed by atoms with Crippen LogP contribution in [0.25, 0.3) is 5.57 Å². The lowest BCUT2D eigenvalue weighted by atomic mass is 9.96. The summed E-state index contributed by atoms with van der Waals surface area (Å²) in [7, 11) is 1.95. The Balaban J connectivity index is 1.53. The molecule has 0 aromatic heterocycles. The van der Waals surface area contributed by atoms with Crippen LogP contribution in [0.15, 0.2) is 53.9 Å². The Morgan fingerprint density at radius 2 is 1.97 bits per heavy atom. The molecule has 2 saturated heterocycles. The van der Waals surface area contributed by atoms with Gasteiger partial charge in [-0.3, -0.25) is 14.8 Å². The van der Waals surface area contributed by atoms with Crippen LogP contribution in [0.5, 0.6) is 0 Å². The Morgan fingerprint density at radius 1 is 1.16 bits per heavy atom. The standard InChI is InChI=1S/C25H32FN5/c1-3-21-22-15-18(7-9-23(22)26)6-8-20-17-30-12-4-5-19(30)16-31(20)14-11-27-24-10-13-29(2)25(21)28-24/h3,7,9-10,13,15,19-20H,1,4-6,8,11-12,14,16-17H2,2H3,(H,27,28)/b25-21+. The molecule has 164 valence electrons. The van der Waals surface area contributed by atoms with E-state index in [2.05, 4.69) is 21.7 Å². The SMILES string of the molecule is C=C/C1=C2/NC(=NCCN3CC4CCCN4CC3CCc3ccc(F)c1c3)C=CN2C. The summed E-state index contributed by atoms with van der Waals surface area (Å²) >= 11 is 0. The lowest BCUT2D eigenvalue weighted by Gasteiger charge is -2.44. The molecule has 1 aromatic carbocycles. The fourth-order valence-corrected chi connectivity index (χ4v) is 5.45. The molecule has 31 heavy (non-hydrogen) atoms. The zero-order valence-electron chi connectivity index (χ0n) is 18.4. The molecule has 5 rings (SSSR count). The summed E-state index contributed by atoms with van der Waals surface area (Å²) in [4.78, 5) is 12.1. The molecule has 0 saturated carbocycles. The van der Waals surface area contributed by atoms with Gasteiger partial charge in [-0.05, 0) is 56.0 Å². The predicted molar refractivity (Wildman–Crippen MR) is 124 cm³/mol. The average molecular weight is 422 g/mol. The van der Waals surface area contributed by atoms with Crippen molar-refractivity contribution < 1.29 is 4.39 Å². The minimum atomic E-state index is -0.222. The maximum Gasteiger partial charge on any atom is 0.131 e. The van der Waals surface area contributed by atoms with E-state index in [-0.39, 0.29) is 5.82 Å². The van der Waals surface area contributed by atoms with Crippen LogP contribution in [0.4, 0.5) is 4.39 Å². The number of aryl methyl sites for hydroxylation is 1. The van der Waals surface area contributed by atoms with Gasteiger partial charge in [-0.2, -0.15) is 0 Å². The van der Waals surface area contributed by atoms with Crippen molar-refractivity contribution in [3.63, 3.8) is 0 Å². The van der Waals surface area contributed by atoms with Crippen molar-refractivity contribution in [2.45, 2.75) is 37.8 Å². The van der Waals surface area contributed by atoms with Gasteiger partial charge in [0.1, 0.15) is 17.5 Å². The maximum absolute atomic E-state index is 14.9. The molecule has 0 radical (unpaired) electrons. The van der Waals surface area contributed by atoms with Crippen molar-refractivity contribution in [1.82, 2.24) is 20.0 Å². The first-order chi connectivity index (χ1) is 15.1. The predicted octanol–water partition coefficient (Wildman–Crippen LogP) is 3.22. The lowest BCUT2D eigenvalue weighted by Crippen LogP contribution is -2.56. The fraction of sp³-hybridized carbons (Fsp3) is 0.480. The van der Waals surface area contributed by atoms with Gasteiger partial charge in [0, 0.05) is 56.1 Å². The number of rotatable bonds is 1. The Bertz CT molecular complexity index is 949. The van der Waals surface area contributed by atoms with Crippen LogP contribution in [0.3, 0.4) is 0 Å². The number of hydrogen-bond donors (Lipinski definition) is 1. The van der Waals surface area contributed by atoms with Gasteiger partial charge in [-0.25, -0.2) is 4.39 Å². The molecule has 2 fully saturated rings. The van der Waals surface area contributed by atoms with Crippen LogP contribution in [0.2, 0.25) is 0 Å². The minimum Gasteiger partial charge on any atom is -0.337 e. The normalized spacial score (nSPS) is 29.5. The zero-order valence-corrected chi connectivity index (χ0v) is 18.4. The lowest BCUT2D eigenvalue weighted by molar-refractivity contribution is 0.0495. The molecule has 4 bridgehead atoms. The van der Waals surface area contributed by atoms with E-state index in [1.165, 1.54) is 24.9 Å². The summed E-state index contributed by atoms with van der Waals surface area (Å²) < 4.78 is 14.9. The van der Waals surface area contributed by atoms with Gasteiger partial charge >= 0.3 is 0 Å². The van der Waals surface area contributed by atoms with Crippen molar-refractivity contribution in [2.75, 3.05) is 39.8 Å². The van der Waals surface area contributed by atoms with Gasteiger partial charge in [-0.1, -0.05) is 18.7 Å². The van der Waals surface area contributed by atoms with Crippen molar-refractivity contribution in [3.8, 4) is 0 Å². The van der Waals surface area contributed by atoms with E-state index in [4.69, 9.17) is 4.99 Å². The van der Waals surface area contributed by atoms with Gasteiger partial charge in [0.25, 0.3) is 0 Å². The second kappa shape index (κ2) is 8.60. The average Bonchev–Trinajstić information content (AvgIpc) is 3.23. The number of piperazine rings is 1. The molecular weight excluding hydrogens is 389 g/mol. The molecule has 5 nitrogen and oxygen atoms in total. The quantitative estimate of drug-likeness (QED) is 0.755. The molecule has 4 aliphatic heterocycles. The number of amidine groups is 1. The molecule has 1 N–H and O–H groups in total. The summed E-state index contributed by atoms with van der Waals surface area (Å²) in [6.45, 7) is 9.23. The number of aliphatic imine (C=N–C) groups is 1. The highest BCUT2D eigenvalue weighted by Gasteiger charge is 2.35. The molecule has 4 aliphatic rings. The van der Waals surface area contributed by atoms with Crippen LogP contribution in [0, 0.1) is 5.82 Å². The topological polar surface area (TPSA) is 34.1 Å². The van der Waals surface area contributed by atoms with Gasteiger partial charge in [0.05, 0.1) is 6.54 Å². The van der Waals surface area contributed by atoms with E-state index >= 15 is 0 Å². The Morgan fingerprint density at radius 3 is 2.81 bits per heavy atom. The number of nitrogens with one attached hydrogen (secondary N) is 1. The summed E-state index contributed by atoms with van der Waals surface area (Å²) in [6.07, 6.45) is 10.4. The molecule has 6 heteroatoms. The molecule has 2 unspecified atom stereocenters. The van der Waals surface area contributed by atoms with Crippen LogP contribution in [-0.2, 0) is 6.42 Å². The summed E-state index contributed by atoms with van der Waals surface area (Å²) in [6, 6.07) is 6.76. The molecule has 0 spiro atoms. The maximum atomic E-state index is 14.9. The van der Waals surface area contributed by atoms with E-state index in [1.54, 1.807) is 12.1 Å². The number of fused-ring (bicyclic) bond motifs is 6. The molecule has 4 heterocycles. The molecular formula is C25H32FN5. The Kier molecular flexibility index (Phi) is 5.67. The Hall–Kier alpha value is -2.44. The fourth-order valence-electron chi connectivity index (χ4n) is 5.45. The molecule has 0 amide bonds. The second-order valence-electron chi connectivity index (χ2n) is 9.08. The third kappa shape index (κ3) is 4.06. The van der Waals surface area contributed by atoms with E-state index in [0.29, 0.717) is 17.6 Å². The summed E-state index contributed by atoms with van der Waals surface area (Å²) in [5.74, 6) is 1.40. The van der Waals surface area contributed by atoms with Gasteiger partial charge in [0.15, 0.2) is 0 Å². The summed E-state index contributed by atoms with van der Waals surface area (Å²) in [5, 5.41) is 3.41. The number of allylic oxidation sites excluding steroid dienone is 2. The van der Waals surface area contributed by atoms with Crippen LogP contribution < -0.4 is 5.32 Å². The highest BCUT2D eigenvalue weighted by atomic mass is 19.1. The van der Waals surface area contributed by atoms with Crippen molar-refractivity contribution in [1.29, 1.82) is 0 Å². The number of halogens is 1. The summed E-state index contributed by atoms with van der Waals surface area (Å²) in [5.41, 5.74) is 2.53. The van der Waals surface area contributed by atoms with Gasteiger partial charge in [0.2, 0.25) is 0 Å². The van der Waals surface area contributed by atoms with E-state index in [1.807, 2.05) is 36.4 Å². The van der Waals surface area contributed by atoms with Crippen molar-refractivity contribution in [3.05, 3.63) is 65.9 Å². The number of nitrogens with zero attached hydrogens (tertiary/aromatic N) is 4. The first-order valence-electron chi connectivity index (χ1n) is 11.5. The molecule has 2 atom stereocenters. The minimum absolute atomic E-state index is 0.222. The first kappa shape index (κ1) is 20.5. The third-order valence-corrected chi connectivity index (χ3v) is 7.18. The first-order valence-corrected chi connectivity index (χ1v) is 11.5. The number of hydrogen-bond acceptors (Lipinski definition) is 5. The van der Waals surface area contributed by atoms with Crippen LogP contribution in [0.1, 0.15) is 30.4 Å². The second-order valence-corrected chi connectivity index (χ2v) is 9.08. The zero-order chi connectivity index (χ0) is 21.4. The van der Waals surface area contributed by atoms with E-state index in [0.717, 1.165) is 56.3 Å². The Labute approximate surface area is 184 Å². The van der Waals surface area contributed by atoms with Crippen molar-refractivity contribution in [2.24, 2.45) is 4.99 Å². The van der Waals surface area contributed by atoms with Crippen LogP contribution >= 0.6 is 0 Å².